The van der Waals surface area contributed by atoms with Gasteiger partial charge < -0.3 is 24.2 Å². The van der Waals surface area contributed by atoms with E-state index in [1.165, 1.54) is 0 Å². The van der Waals surface area contributed by atoms with Crippen LogP contribution in [0.1, 0.15) is 18.7 Å². The molecule has 4 heterocycles. The maximum absolute atomic E-state index is 12.9. The van der Waals surface area contributed by atoms with Gasteiger partial charge in [0.05, 0.1) is 6.20 Å². The summed E-state index contributed by atoms with van der Waals surface area (Å²) in [4.78, 5) is 27.3. The first-order valence-electron chi connectivity index (χ1n) is 9.82. The summed E-state index contributed by atoms with van der Waals surface area (Å²) in [5, 5.41) is 6.99. The van der Waals surface area contributed by atoms with Crippen LogP contribution < -0.4 is 14.8 Å². The van der Waals surface area contributed by atoms with E-state index in [0.717, 1.165) is 12.8 Å². The van der Waals surface area contributed by atoms with Gasteiger partial charge in [-0.1, -0.05) is 5.16 Å². The first-order chi connectivity index (χ1) is 14.8. The molecule has 10 heteroatoms. The fraction of sp³-hybridized carbons (Fsp3) is 0.350. The van der Waals surface area contributed by atoms with Crippen LogP contribution in [0.2, 0.25) is 0 Å². The van der Waals surface area contributed by atoms with Gasteiger partial charge in [-0.15, -0.1) is 0 Å². The van der Waals surface area contributed by atoms with Gasteiger partial charge in [-0.3, -0.25) is 4.98 Å². The zero-order valence-electron chi connectivity index (χ0n) is 16.2. The summed E-state index contributed by atoms with van der Waals surface area (Å²) in [5.74, 6) is 2.19. The highest BCUT2D eigenvalue weighted by atomic mass is 16.6. The molecule has 1 saturated heterocycles. The monoisotopic (exact) mass is 408 g/mol. The van der Waals surface area contributed by atoms with E-state index in [4.69, 9.17) is 14.0 Å². The number of nitrogens with one attached hydrogen (secondary N) is 1. The molecule has 1 fully saturated rings. The lowest BCUT2D eigenvalue weighted by Crippen LogP contribution is -2.40. The fourth-order valence-corrected chi connectivity index (χ4v) is 3.69. The number of nitrogens with zero attached hydrogens (tertiary/aromatic N) is 5. The predicted molar refractivity (Wildman–Crippen MR) is 105 cm³/mol. The van der Waals surface area contributed by atoms with Crippen molar-refractivity contribution in [2.24, 2.45) is 0 Å². The number of benzene rings is 1. The van der Waals surface area contributed by atoms with Gasteiger partial charge >= 0.3 is 6.03 Å². The molecule has 0 radical (unpaired) electrons. The van der Waals surface area contributed by atoms with Crippen molar-refractivity contribution in [3.8, 4) is 23.1 Å². The second-order valence-corrected chi connectivity index (χ2v) is 7.09. The quantitative estimate of drug-likeness (QED) is 0.700. The van der Waals surface area contributed by atoms with Crippen LogP contribution >= 0.6 is 0 Å². The van der Waals surface area contributed by atoms with Gasteiger partial charge in [-0.25, -0.2) is 9.78 Å². The Balaban J connectivity index is 1.25. The van der Waals surface area contributed by atoms with Crippen LogP contribution in [0.4, 0.5) is 10.5 Å². The summed E-state index contributed by atoms with van der Waals surface area (Å²) in [6, 6.07) is 5.23. The zero-order chi connectivity index (χ0) is 20.3. The van der Waals surface area contributed by atoms with Gasteiger partial charge in [0, 0.05) is 43.2 Å². The lowest BCUT2D eigenvalue weighted by Gasteiger charge is -2.24. The third-order valence-electron chi connectivity index (χ3n) is 5.10. The Hall–Kier alpha value is -3.69. The molecule has 2 aliphatic heterocycles. The van der Waals surface area contributed by atoms with Crippen LogP contribution in [0.3, 0.4) is 0 Å². The van der Waals surface area contributed by atoms with E-state index >= 15 is 0 Å². The molecule has 0 bridgehead atoms. The van der Waals surface area contributed by atoms with Crippen molar-refractivity contribution in [3.63, 3.8) is 0 Å². The number of hydrogen-bond donors (Lipinski definition) is 1. The first-order valence-corrected chi connectivity index (χ1v) is 9.82. The highest BCUT2D eigenvalue weighted by molar-refractivity contribution is 5.90. The molecule has 1 N–H and O–H groups in total. The summed E-state index contributed by atoms with van der Waals surface area (Å²) in [6.07, 6.45) is 7.04. The number of likely N-dealkylation sites (tertiary alicyclic amines) is 1. The lowest BCUT2D eigenvalue weighted by molar-refractivity contribution is 0.171. The molecule has 2 aliphatic rings. The molecule has 30 heavy (non-hydrogen) atoms. The predicted octanol–water partition coefficient (Wildman–Crippen LogP) is 2.54. The Morgan fingerprint density at radius 2 is 2.10 bits per heavy atom. The third-order valence-corrected chi connectivity index (χ3v) is 5.10. The van der Waals surface area contributed by atoms with Crippen molar-refractivity contribution < 1.29 is 18.8 Å². The van der Waals surface area contributed by atoms with Crippen LogP contribution in [-0.4, -0.2) is 56.8 Å². The number of ether oxygens (including phenoxy) is 2. The Morgan fingerprint density at radius 3 is 2.97 bits per heavy atom. The van der Waals surface area contributed by atoms with E-state index in [9.17, 15) is 4.79 Å². The SMILES string of the molecule is O=C(Nc1ccc2c(c1)OCCO2)N1CCC[C@@H]1Cc1noc(-c2cnccn2)n1. The number of rotatable bonds is 4. The molecule has 2 aromatic heterocycles. The fourth-order valence-electron chi connectivity index (χ4n) is 3.69. The van der Waals surface area contributed by atoms with Crippen molar-refractivity contribution in [1.29, 1.82) is 0 Å². The average molecular weight is 408 g/mol. The molecule has 0 saturated carbocycles. The van der Waals surface area contributed by atoms with E-state index in [0.29, 0.717) is 60.8 Å². The first kappa shape index (κ1) is 18.3. The highest BCUT2D eigenvalue weighted by Gasteiger charge is 2.30. The maximum Gasteiger partial charge on any atom is 0.322 e. The second-order valence-electron chi connectivity index (χ2n) is 7.09. The highest BCUT2D eigenvalue weighted by Crippen LogP contribution is 2.33. The molecule has 2 amide bonds. The van der Waals surface area contributed by atoms with E-state index in [2.05, 4.69) is 25.4 Å². The van der Waals surface area contributed by atoms with E-state index in [1.807, 2.05) is 11.0 Å². The molecular weight excluding hydrogens is 388 g/mol. The number of fused-ring (bicyclic) bond motifs is 1. The molecule has 154 valence electrons. The molecule has 1 atom stereocenters. The average Bonchev–Trinajstić information content (AvgIpc) is 3.44. The zero-order valence-corrected chi connectivity index (χ0v) is 16.2. The van der Waals surface area contributed by atoms with Gasteiger partial charge in [0.15, 0.2) is 17.3 Å². The van der Waals surface area contributed by atoms with E-state index in [-0.39, 0.29) is 12.1 Å². The van der Waals surface area contributed by atoms with Crippen LogP contribution in [0.15, 0.2) is 41.3 Å². The summed E-state index contributed by atoms with van der Waals surface area (Å²) >= 11 is 0. The Labute approximate surface area is 172 Å². The van der Waals surface area contributed by atoms with Gasteiger partial charge in [0.1, 0.15) is 18.9 Å². The molecule has 1 aromatic carbocycles. The van der Waals surface area contributed by atoms with Crippen molar-refractivity contribution in [1.82, 2.24) is 25.0 Å². The van der Waals surface area contributed by atoms with E-state index < -0.39 is 0 Å². The maximum atomic E-state index is 12.9. The molecule has 0 aliphatic carbocycles. The summed E-state index contributed by atoms with van der Waals surface area (Å²) < 4.78 is 16.4. The summed E-state index contributed by atoms with van der Waals surface area (Å²) in [6.45, 7) is 1.71. The van der Waals surface area contributed by atoms with Crippen molar-refractivity contribution >= 4 is 11.7 Å². The minimum atomic E-state index is -0.160. The molecule has 0 spiro atoms. The number of anilines is 1. The van der Waals surface area contributed by atoms with Crippen molar-refractivity contribution in [2.75, 3.05) is 25.1 Å². The van der Waals surface area contributed by atoms with Crippen LogP contribution in [0, 0.1) is 0 Å². The Morgan fingerprint density at radius 1 is 1.20 bits per heavy atom. The van der Waals surface area contributed by atoms with Crippen molar-refractivity contribution in [2.45, 2.75) is 25.3 Å². The largest absolute Gasteiger partial charge is 0.486 e. The van der Waals surface area contributed by atoms with Gasteiger partial charge in [0.25, 0.3) is 5.89 Å². The topological polar surface area (TPSA) is 116 Å². The minimum Gasteiger partial charge on any atom is -0.486 e. The van der Waals surface area contributed by atoms with Gasteiger partial charge in [0.2, 0.25) is 0 Å². The number of urea groups is 1. The summed E-state index contributed by atoms with van der Waals surface area (Å²) in [5.41, 5.74) is 1.19. The van der Waals surface area contributed by atoms with Gasteiger partial charge in [-0.2, -0.15) is 4.98 Å². The molecule has 3 aromatic rings. The standard InChI is InChI=1S/C20H20N6O4/c27-20(23-13-3-4-16-17(10-13)29-9-8-28-16)26-7-1-2-14(26)11-18-24-19(30-25-18)15-12-21-5-6-22-15/h3-6,10,12,14H,1-2,7-9,11H2,(H,23,27)/t14-/m1/s1. The smallest absolute Gasteiger partial charge is 0.322 e. The lowest BCUT2D eigenvalue weighted by atomic mass is 10.1. The van der Waals surface area contributed by atoms with E-state index in [1.54, 1.807) is 30.7 Å². The number of hydrogen-bond acceptors (Lipinski definition) is 8. The number of carbonyl (C=O) groups excluding carboxylic acids is 1. The molecule has 0 unspecified atom stereocenters. The van der Waals surface area contributed by atoms with Crippen LogP contribution in [0.5, 0.6) is 11.5 Å². The van der Waals surface area contributed by atoms with Crippen molar-refractivity contribution in [3.05, 3.63) is 42.6 Å². The minimum absolute atomic E-state index is 0.00508. The van der Waals surface area contributed by atoms with Gasteiger partial charge in [-0.05, 0) is 25.0 Å². The third kappa shape index (κ3) is 3.76. The Kier molecular flexibility index (Phi) is 4.88. The number of aromatic nitrogens is 4. The van der Waals surface area contributed by atoms with Crippen LogP contribution in [0.25, 0.3) is 11.6 Å². The Bertz CT molecular complexity index is 1040. The molecule has 5 rings (SSSR count). The number of amides is 2. The molecule has 10 nitrogen and oxygen atoms in total. The normalized spacial score (nSPS) is 17.7. The van der Waals surface area contributed by atoms with Crippen LogP contribution in [-0.2, 0) is 6.42 Å². The second kappa shape index (κ2) is 7.97. The molecular formula is C20H20N6O4. The summed E-state index contributed by atoms with van der Waals surface area (Å²) in [7, 11) is 0. The number of carbonyl (C=O) groups is 1.